The molecular formula is C10H16O8. The van der Waals surface area contributed by atoms with Gasteiger partial charge in [-0.15, -0.1) is 0 Å². The standard InChI is InChI=1S/C10H16O8/c1-9(2,18-16)3-10(15,4-11)7-5(12)6(13)8(14)17-7/h7,11-13,15-16H,3-4H2,1-2H3/t7-,10-/m0/s1. The summed E-state index contributed by atoms with van der Waals surface area (Å²) in [4.78, 5) is 15.1. The van der Waals surface area contributed by atoms with Gasteiger partial charge in [0.1, 0.15) is 11.2 Å². The smallest absolute Gasteiger partial charge is 0.378 e. The first-order chi connectivity index (χ1) is 8.17. The summed E-state index contributed by atoms with van der Waals surface area (Å²) in [5, 5.41) is 46.6. The second-order valence-electron chi connectivity index (χ2n) is 4.81. The largest absolute Gasteiger partial charge is 0.505 e. The van der Waals surface area contributed by atoms with Gasteiger partial charge in [-0.05, 0) is 13.8 Å². The van der Waals surface area contributed by atoms with Crippen LogP contribution in [-0.4, -0.2) is 55.6 Å². The number of aliphatic hydroxyl groups excluding tert-OH is 3. The van der Waals surface area contributed by atoms with Crippen LogP contribution in [0.3, 0.4) is 0 Å². The highest BCUT2D eigenvalue weighted by Gasteiger charge is 2.51. The molecule has 1 aliphatic rings. The number of rotatable bonds is 5. The first kappa shape index (κ1) is 14.7. The van der Waals surface area contributed by atoms with Crippen LogP contribution >= 0.6 is 0 Å². The van der Waals surface area contributed by atoms with E-state index in [0.29, 0.717) is 0 Å². The van der Waals surface area contributed by atoms with E-state index in [2.05, 4.69) is 9.62 Å². The molecule has 5 N–H and O–H groups in total. The van der Waals surface area contributed by atoms with Crippen LogP contribution in [0.4, 0.5) is 0 Å². The van der Waals surface area contributed by atoms with Crippen molar-refractivity contribution in [1.82, 2.24) is 0 Å². The van der Waals surface area contributed by atoms with Crippen LogP contribution in [-0.2, 0) is 14.4 Å². The van der Waals surface area contributed by atoms with Gasteiger partial charge in [0, 0.05) is 6.42 Å². The lowest BCUT2D eigenvalue weighted by Crippen LogP contribution is -2.51. The molecule has 0 spiro atoms. The zero-order valence-electron chi connectivity index (χ0n) is 9.95. The predicted molar refractivity (Wildman–Crippen MR) is 56.6 cm³/mol. The van der Waals surface area contributed by atoms with Crippen molar-refractivity contribution in [2.75, 3.05) is 6.61 Å². The number of carbonyl (C=O) groups excluding carboxylic acids is 1. The number of hydrogen-bond donors (Lipinski definition) is 5. The van der Waals surface area contributed by atoms with Gasteiger partial charge in [-0.3, -0.25) is 5.26 Å². The minimum Gasteiger partial charge on any atom is -0.505 e. The second kappa shape index (κ2) is 4.73. The Hall–Kier alpha value is -1.35. The third-order valence-corrected chi connectivity index (χ3v) is 2.65. The molecule has 18 heavy (non-hydrogen) atoms. The molecule has 1 rings (SSSR count). The molecule has 0 aromatic rings. The minimum atomic E-state index is -2.10. The van der Waals surface area contributed by atoms with Crippen LogP contribution in [0.15, 0.2) is 11.5 Å². The normalized spacial score (nSPS) is 24.1. The van der Waals surface area contributed by atoms with Gasteiger partial charge in [0.25, 0.3) is 0 Å². The van der Waals surface area contributed by atoms with E-state index in [1.165, 1.54) is 13.8 Å². The fourth-order valence-corrected chi connectivity index (χ4v) is 1.81. The highest BCUT2D eigenvalue weighted by molar-refractivity contribution is 5.89. The van der Waals surface area contributed by atoms with Gasteiger partial charge in [-0.1, -0.05) is 0 Å². The Morgan fingerprint density at radius 2 is 1.94 bits per heavy atom. The summed E-state index contributed by atoms with van der Waals surface area (Å²) < 4.78 is 4.57. The predicted octanol–water partition coefficient (Wildman–Crippen LogP) is -0.379. The van der Waals surface area contributed by atoms with Gasteiger partial charge < -0.3 is 25.2 Å². The highest BCUT2D eigenvalue weighted by atomic mass is 17.1. The van der Waals surface area contributed by atoms with E-state index < -0.39 is 41.4 Å². The van der Waals surface area contributed by atoms with Gasteiger partial charge in [-0.2, -0.15) is 0 Å². The summed E-state index contributed by atoms with van der Waals surface area (Å²) >= 11 is 0. The fourth-order valence-electron chi connectivity index (χ4n) is 1.81. The van der Waals surface area contributed by atoms with Gasteiger partial charge in [-0.25, -0.2) is 9.68 Å². The van der Waals surface area contributed by atoms with E-state index >= 15 is 0 Å². The number of cyclic esters (lactones) is 1. The molecule has 0 amide bonds. The van der Waals surface area contributed by atoms with E-state index in [0.717, 1.165) is 0 Å². The molecule has 0 radical (unpaired) electrons. The third-order valence-electron chi connectivity index (χ3n) is 2.65. The van der Waals surface area contributed by atoms with E-state index in [1.54, 1.807) is 0 Å². The van der Waals surface area contributed by atoms with Gasteiger partial charge in [0.2, 0.25) is 5.76 Å². The van der Waals surface area contributed by atoms with Crippen molar-refractivity contribution in [3.8, 4) is 0 Å². The van der Waals surface area contributed by atoms with Crippen LogP contribution in [0, 0.1) is 0 Å². The maximum Gasteiger partial charge on any atom is 0.378 e. The van der Waals surface area contributed by atoms with E-state index in [4.69, 9.17) is 10.4 Å². The zero-order chi connectivity index (χ0) is 14.1. The number of esters is 1. The zero-order valence-corrected chi connectivity index (χ0v) is 9.95. The van der Waals surface area contributed by atoms with E-state index in [9.17, 15) is 20.1 Å². The Morgan fingerprint density at radius 3 is 2.28 bits per heavy atom. The number of aliphatic hydroxyl groups is 4. The minimum absolute atomic E-state index is 0.359. The van der Waals surface area contributed by atoms with Crippen molar-refractivity contribution in [3.63, 3.8) is 0 Å². The maximum atomic E-state index is 11.0. The lowest BCUT2D eigenvalue weighted by atomic mass is 9.85. The molecule has 0 fully saturated rings. The quantitative estimate of drug-likeness (QED) is 0.257. The fraction of sp³-hybridized carbons (Fsp3) is 0.700. The Kier molecular flexibility index (Phi) is 3.86. The summed E-state index contributed by atoms with van der Waals surface area (Å²) in [5.41, 5.74) is -3.36. The summed E-state index contributed by atoms with van der Waals surface area (Å²) in [6.07, 6.45) is -1.98. The molecule has 1 heterocycles. The third kappa shape index (κ3) is 2.56. The molecule has 0 saturated heterocycles. The van der Waals surface area contributed by atoms with Crippen molar-refractivity contribution < 1.29 is 40.1 Å². The average Bonchev–Trinajstić information content (AvgIpc) is 2.57. The van der Waals surface area contributed by atoms with Crippen LogP contribution in [0.25, 0.3) is 0 Å². The van der Waals surface area contributed by atoms with Crippen molar-refractivity contribution in [2.24, 2.45) is 0 Å². The van der Waals surface area contributed by atoms with Crippen LogP contribution < -0.4 is 0 Å². The molecule has 1 aliphatic heterocycles. The van der Waals surface area contributed by atoms with Crippen LogP contribution in [0.2, 0.25) is 0 Å². The van der Waals surface area contributed by atoms with Crippen molar-refractivity contribution >= 4 is 5.97 Å². The Labute approximate surface area is 103 Å². The molecule has 0 aliphatic carbocycles. The lowest BCUT2D eigenvalue weighted by molar-refractivity contribution is -0.325. The second-order valence-corrected chi connectivity index (χ2v) is 4.81. The summed E-state index contributed by atoms with van der Waals surface area (Å²) in [7, 11) is 0. The Bertz CT molecular complexity index is 374. The van der Waals surface area contributed by atoms with Crippen molar-refractivity contribution in [1.29, 1.82) is 0 Å². The number of carbonyl (C=O) groups is 1. The molecule has 0 bridgehead atoms. The molecule has 0 saturated carbocycles. The van der Waals surface area contributed by atoms with E-state index in [-0.39, 0.29) is 6.42 Å². The van der Waals surface area contributed by atoms with Crippen LogP contribution in [0.5, 0.6) is 0 Å². The molecule has 2 atom stereocenters. The number of ether oxygens (including phenoxy) is 1. The van der Waals surface area contributed by atoms with Gasteiger partial charge >= 0.3 is 5.97 Å². The molecular weight excluding hydrogens is 248 g/mol. The van der Waals surface area contributed by atoms with Gasteiger partial charge in [0.05, 0.1) is 6.61 Å². The average molecular weight is 264 g/mol. The van der Waals surface area contributed by atoms with Crippen LogP contribution in [0.1, 0.15) is 20.3 Å². The summed E-state index contributed by atoms with van der Waals surface area (Å²) in [6.45, 7) is 1.94. The van der Waals surface area contributed by atoms with Crippen molar-refractivity contribution in [3.05, 3.63) is 11.5 Å². The SMILES string of the molecule is CC(C)(C[C@](O)(CO)[C@H]1OC(=O)C(O)=C1O)OO. The molecule has 8 heteroatoms. The van der Waals surface area contributed by atoms with Crippen molar-refractivity contribution in [2.45, 2.75) is 37.6 Å². The molecule has 0 unspecified atom stereocenters. The molecule has 0 aromatic carbocycles. The molecule has 104 valence electrons. The van der Waals surface area contributed by atoms with E-state index in [1.807, 2.05) is 0 Å². The van der Waals surface area contributed by atoms with Gasteiger partial charge in [0.15, 0.2) is 11.9 Å². The highest BCUT2D eigenvalue weighted by Crippen LogP contribution is 2.34. The monoisotopic (exact) mass is 264 g/mol. The Morgan fingerprint density at radius 1 is 1.39 bits per heavy atom. The molecule has 0 aromatic heterocycles. The topological polar surface area (TPSA) is 137 Å². The lowest BCUT2D eigenvalue weighted by Gasteiger charge is -2.35. The first-order valence-corrected chi connectivity index (χ1v) is 5.16. The number of hydrogen-bond acceptors (Lipinski definition) is 8. The Balaban J connectivity index is 3.00. The maximum absolute atomic E-state index is 11.0. The first-order valence-electron chi connectivity index (χ1n) is 5.16. The molecule has 8 nitrogen and oxygen atoms in total. The summed E-state index contributed by atoms with van der Waals surface area (Å²) in [5.74, 6) is -3.09. The summed E-state index contributed by atoms with van der Waals surface area (Å²) in [6, 6.07) is 0.